The first kappa shape index (κ1) is 13.3. The second kappa shape index (κ2) is 6.66. The highest BCUT2D eigenvalue weighted by Gasteiger charge is 2.25. The Labute approximate surface area is 125 Å². The van der Waals surface area contributed by atoms with Crippen molar-refractivity contribution in [3.05, 3.63) is 91.0 Å². The zero-order valence-corrected chi connectivity index (χ0v) is 11.6. The molecule has 0 heterocycles. The van der Waals surface area contributed by atoms with Gasteiger partial charge in [-0.25, -0.2) is 0 Å². The molecule has 0 aliphatic carbocycles. The smallest absolute Gasteiger partial charge is 0.522 e. The summed E-state index contributed by atoms with van der Waals surface area (Å²) in [5, 5.41) is 0. The normalized spacial score (nSPS) is 9.90. The van der Waals surface area contributed by atoms with Crippen LogP contribution in [0.15, 0.2) is 91.0 Å². The van der Waals surface area contributed by atoms with Crippen molar-refractivity contribution >= 4 is 12.6 Å². The van der Waals surface area contributed by atoms with Crippen molar-refractivity contribution in [3.63, 3.8) is 0 Å². The van der Waals surface area contributed by atoms with E-state index in [1.54, 1.807) is 0 Å². The Bertz CT molecular complexity index is 615. The lowest BCUT2D eigenvalue weighted by Crippen LogP contribution is -2.42. The molecule has 3 aromatic rings. The molecular weight excluding hydrogens is 259 g/mol. The van der Waals surface area contributed by atoms with Gasteiger partial charge in [0.15, 0.2) is 0 Å². The summed E-state index contributed by atoms with van der Waals surface area (Å²) in [5.74, 6) is 1.56. The molecule has 0 aliphatic heterocycles. The van der Waals surface area contributed by atoms with Crippen LogP contribution >= 0.6 is 0 Å². The predicted octanol–water partition coefficient (Wildman–Crippen LogP) is 3.54. The number of benzene rings is 3. The van der Waals surface area contributed by atoms with Crippen LogP contribution in [-0.4, -0.2) is 7.12 Å². The second-order valence-electron chi connectivity index (χ2n) is 4.60. The van der Waals surface area contributed by atoms with E-state index in [2.05, 4.69) is 0 Å². The summed E-state index contributed by atoms with van der Waals surface area (Å²) in [6.45, 7) is 0. The van der Waals surface area contributed by atoms with Gasteiger partial charge in [-0.15, -0.1) is 0 Å². The number of hydrogen-bond donors (Lipinski definition) is 0. The van der Waals surface area contributed by atoms with Crippen molar-refractivity contribution in [3.8, 4) is 11.5 Å². The van der Waals surface area contributed by atoms with E-state index in [9.17, 15) is 0 Å². The highest BCUT2D eigenvalue weighted by molar-refractivity contribution is 6.62. The molecular formula is C18H15BO2. The maximum absolute atomic E-state index is 5.98. The summed E-state index contributed by atoms with van der Waals surface area (Å²) in [6.07, 6.45) is 0. The molecule has 0 aromatic heterocycles. The largest absolute Gasteiger partial charge is 0.632 e. The summed E-state index contributed by atoms with van der Waals surface area (Å²) in [5.41, 5.74) is 0.977. The van der Waals surface area contributed by atoms with Crippen LogP contribution in [0.25, 0.3) is 0 Å². The quantitative estimate of drug-likeness (QED) is 0.662. The van der Waals surface area contributed by atoms with Gasteiger partial charge in [0.2, 0.25) is 0 Å². The van der Waals surface area contributed by atoms with Crippen molar-refractivity contribution in [2.45, 2.75) is 0 Å². The fourth-order valence-corrected chi connectivity index (χ4v) is 2.02. The van der Waals surface area contributed by atoms with E-state index in [1.807, 2.05) is 91.0 Å². The average molecular weight is 274 g/mol. The van der Waals surface area contributed by atoms with Gasteiger partial charge in [0, 0.05) is 5.46 Å². The first-order valence-corrected chi connectivity index (χ1v) is 6.90. The van der Waals surface area contributed by atoms with E-state index in [1.165, 1.54) is 0 Å². The Hall–Kier alpha value is -2.68. The van der Waals surface area contributed by atoms with Gasteiger partial charge in [-0.2, -0.15) is 0 Å². The summed E-state index contributed by atoms with van der Waals surface area (Å²) >= 11 is 0. The Morgan fingerprint density at radius 1 is 0.476 bits per heavy atom. The molecule has 21 heavy (non-hydrogen) atoms. The number of hydrogen-bond acceptors (Lipinski definition) is 2. The Balaban J connectivity index is 1.84. The van der Waals surface area contributed by atoms with Crippen molar-refractivity contribution in [1.29, 1.82) is 0 Å². The third kappa shape index (κ3) is 3.66. The van der Waals surface area contributed by atoms with Crippen LogP contribution in [0.5, 0.6) is 11.5 Å². The lowest BCUT2D eigenvalue weighted by atomic mass is 9.78. The van der Waals surface area contributed by atoms with E-state index in [-0.39, 0.29) is 0 Å². The van der Waals surface area contributed by atoms with Gasteiger partial charge < -0.3 is 9.31 Å². The topological polar surface area (TPSA) is 18.5 Å². The van der Waals surface area contributed by atoms with Crippen molar-refractivity contribution < 1.29 is 9.31 Å². The molecule has 0 amide bonds. The summed E-state index contributed by atoms with van der Waals surface area (Å²) in [7, 11) is -0.476. The Kier molecular flexibility index (Phi) is 4.22. The van der Waals surface area contributed by atoms with E-state index in [0.717, 1.165) is 17.0 Å². The fraction of sp³-hybridized carbons (Fsp3) is 0. The summed E-state index contributed by atoms with van der Waals surface area (Å²) in [4.78, 5) is 0. The lowest BCUT2D eigenvalue weighted by molar-refractivity contribution is 0.439. The molecule has 3 heteroatoms. The maximum Gasteiger partial charge on any atom is 0.632 e. The summed E-state index contributed by atoms with van der Waals surface area (Å²) < 4.78 is 12.0. The zero-order valence-electron chi connectivity index (χ0n) is 11.6. The lowest BCUT2D eigenvalue weighted by Gasteiger charge is -2.16. The maximum atomic E-state index is 5.98. The molecule has 0 atom stereocenters. The minimum Gasteiger partial charge on any atom is -0.522 e. The van der Waals surface area contributed by atoms with Crippen molar-refractivity contribution in [1.82, 2.24) is 0 Å². The molecule has 0 radical (unpaired) electrons. The molecule has 0 N–H and O–H groups in total. The Morgan fingerprint density at radius 3 is 1.29 bits per heavy atom. The molecule has 0 unspecified atom stereocenters. The molecule has 2 nitrogen and oxygen atoms in total. The highest BCUT2D eigenvalue weighted by Crippen LogP contribution is 2.14. The van der Waals surface area contributed by atoms with Crippen LogP contribution in [0.3, 0.4) is 0 Å². The van der Waals surface area contributed by atoms with Crippen LogP contribution in [0.1, 0.15) is 0 Å². The van der Waals surface area contributed by atoms with Gasteiger partial charge >= 0.3 is 7.12 Å². The van der Waals surface area contributed by atoms with E-state index >= 15 is 0 Å². The first-order valence-electron chi connectivity index (χ1n) is 6.90. The third-order valence-electron chi connectivity index (χ3n) is 3.04. The zero-order chi connectivity index (χ0) is 14.3. The van der Waals surface area contributed by atoms with Gasteiger partial charge in [-0.05, 0) is 24.3 Å². The van der Waals surface area contributed by atoms with Crippen LogP contribution in [-0.2, 0) is 0 Å². The molecule has 0 aliphatic rings. The molecule has 0 bridgehead atoms. The van der Waals surface area contributed by atoms with Crippen molar-refractivity contribution in [2.24, 2.45) is 0 Å². The minimum absolute atomic E-state index is 0.476. The van der Waals surface area contributed by atoms with E-state index in [0.29, 0.717) is 0 Å². The molecule has 3 rings (SSSR count). The van der Waals surface area contributed by atoms with Crippen LogP contribution in [0.2, 0.25) is 0 Å². The van der Waals surface area contributed by atoms with Gasteiger partial charge in [0.05, 0.1) is 0 Å². The van der Waals surface area contributed by atoms with Gasteiger partial charge in [-0.1, -0.05) is 66.7 Å². The second-order valence-corrected chi connectivity index (χ2v) is 4.60. The molecule has 0 fully saturated rings. The highest BCUT2D eigenvalue weighted by atomic mass is 16.6. The Morgan fingerprint density at radius 2 is 0.857 bits per heavy atom. The monoisotopic (exact) mass is 274 g/mol. The molecule has 0 spiro atoms. The molecule has 3 aromatic carbocycles. The molecule has 0 saturated heterocycles. The molecule has 0 saturated carbocycles. The predicted molar refractivity (Wildman–Crippen MR) is 86.0 cm³/mol. The minimum atomic E-state index is -0.476. The fourth-order valence-electron chi connectivity index (χ4n) is 2.02. The van der Waals surface area contributed by atoms with Crippen LogP contribution in [0, 0.1) is 0 Å². The number of para-hydroxylation sites is 2. The molecule has 102 valence electrons. The van der Waals surface area contributed by atoms with E-state index < -0.39 is 7.12 Å². The standard InChI is InChI=1S/C18H15BO2/c1-4-10-16(11-5-1)19(20-17-12-6-2-7-13-17)21-18-14-8-3-9-15-18/h1-15H. The third-order valence-corrected chi connectivity index (χ3v) is 3.04. The average Bonchev–Trinajstić information content (AvgIpc) is 2.57. The first-order chi connectivity index (χ1) is 10.4. The number of rotatable bonds is 5. The van der Waals surface area contributed by atoms with Gasteiger partial charge in [0.25, 0.3) is 0 Å². The van der Waals surface area contributed by atoms with E-state index in [4.69, 9.17) is 9.31 Å². The summed E-state index contributed by atoms with van der Waals surface area (Å²) in [6, 6.07) is 29.3. The van der Waals surface area contributed by atoms with Crippen LogP contribution in [0.4, 0.5) is 0 Å². The van der Waals surface area contributed by atoms with Gasteiger partial charge in [0.1, 0.15) is 11.5 Å². The van der Waals surface area contributed by atoms with Crippen LogP contribution < -0.4 is 14.8 Å². The SMILES string of the molecule is c1ccc(OB(Oc2ccccc2)c2ccccc2)cc1. The van der Waals surface area contributed by atoms with Gasteiger partial charge in [-0.3, -0.25) is 0 Å². The van der Waals surface area contributed by atoms with Crippen molar-refractivity contribution in [2.75, 3.05) is 0 Å².